The number of nitrogens with one attached hydrogen (secondary N) is 2. The molecular formula is C24H35N3O8. The van der Waals surface area contributed by atoms with Gasteiger partial charge in [0.1, 0.15) is 0 Å². The minimum absolute atomic E-state index is 0.0239. The standard InChI is InChI=1S/C24H35N3O8/c1-7-34-23(31)27-10-8-15(9-11-27)25-20(28)14-35-21(29)16-12-18(32-5)19(33-6)13-17(16)26-22(30)24(2,3)4/h12-13,15H,7-11,14H2,1-6H3,(H,25,28)(H,26,30). The van der Waals surface area contributed by atoms with Crippen molar-refractivity contribution in [3.8, 4) is 11.5 Å². The van der Waals surface area contributed by atoms with Crippen molar-refractivity contribution in [2.45, 2.75) is 46.6 Å². The predicted molar refractivity (Wildman–Crippen MR) is 128 cm³/mol. The third-order valence-electron chi connectivity index (χ3n) is 5.39. The Balaban J connectivity index is 2.02. The van der Waals surface area contributed by atoms with Crippen molar-refractivity contribution in [2.24, 2.45) is 5.41 Å². The summed E-state index contributed by atoms with van der Waals surface area (Å²) in [5.41, 5.74) is -0.507. The summed E-state index contributed by atoms with van der Waals surface area (Å²) in [6.07, 6.45) is 0.768. The van der Waals surface area contributed by atoms with Gasteiger partial charge >= 0.3 is 12.1 Å². The number of likely N-dealkylation sites (tertiary alicyclic amines) is 1. The molecule has 3 amide bonds. The van der Waals surface area contributed by atoms with Crippen LogP contribution in [0.2, 0.25) is 0 Å². The zero-order valence-corrected chi connectivity index (χ0v) is 21.2. The Bertz CT molecular complexity index is 933. The first-order valence-electron chi connectivity index (χ1n) is 11.5. The lowest BCUT2D eigenvalue weighted by Crippen LogP contribution is -2.47. The molecule has 194 valence electrons. The molecule has 1 fully saturated rings. The minimum Gasteiger partial charge on any atom is -0.493 e. The van der Waals surface area contributed by atoms with E-state index in [4.69, 9.17) is 18.9 Å². The second kappa shape index (κ2) is 12.3. The molecule has 0 aromatic heterocycles. The molecule has 35 heavy (non-hydrogen) atoms. The van der Waals surface area contributed by atoms with E-state index in [0.717, 1.165) is 0 Å². The Hall–Kier alpha value is -3.50. The van der Waals surface area contributed by atoms with Crippen LogP contribution < -0.4 is 20.1 Å². The summed E-state index contributed by atoms with van der Waals surface area (Å²) in [6.45, 7) is 7.70. The number of anilines is 1. The molecule has 2 N–H and O–H groups in total. The van der Waals surface area contributed by atoms with Crippen LogP contribution >= 0.6 is 0 Å². The number of benzene rings is 1. The van der Waals surface area contributed by atoms with Gasteiger partial charge in [0.05, 0.1) is 32.1 Å². The molecule has 1 aromatic rings. The number of esters is 1. The number of hydrogen-bond acceptors (Lipinski definition) is 8. The number of piperidine rings is 1. The van der Waals surface area contributed by atoms with Gasteiger partial charge in [0.25, 0.3) is 5.91 Å². The predicted octanol–water partition coefficient (Wildman–Crippen LogP) is 2.58. The lowest BCUT2D eigenvalue weighted by atomic mass is 9.95. The van der Waals surface area contributed by atoms with Crippen LogP contribution in [0.5, 0.6) is 11.5 Å². The van der Waals surface area contributed by atoms with Crippen LogP contribution in [0.4, 0.5) is 10.5 Å². The summed E-state index contributed by atoms with van der Waals surface area (Å²) < 4.78 is 20.7. The third-order valence-corrected chi connectivity index (χ3v) is 5.39. The minimum atomic E-state index is -0.803. The molecule has 0 atom stereocenters. The second-order valence-corrected chi connectivity index (χ2v) is 9.06. The quantitative estimate of drug-likeness (QED) is 0.528. The largest absolute Gasteiger partial charge is 0.493 e. The van der Waals surface area contributed by atoms with Gasteiger partial charge in [-0.15, -0.1) is 0 Å². The average molecular weight is 494 g/mol. The molecule has 1 aliphatic rings. The average Bonchev–Trinajstić information content (AvgIpc) is 2.82. The number of methoxy groups -OCH3 is 2. The highest BCUT2D eigenvalue weighted by atomic mass is 16.6. The lowest BCUT2D eigenvalue weighted by Gasteiger charge is -2.31. The number of carbonyl (C=O) groups is 4. The van der Waals surface area contributed by atoms with Gasteiger partial charge in [0.2, 0.25) is 5.91 Å². The zero-order chi connectivity index (χ0) is 26.2. The van der Waals surface area contributed by atoms with E-state index >= 15 is 0 Å². The van der Waals surface area contributed by atoms with E-state index in [-0.39, 0.29) is 35.0 Å². The van der Waals surface area contributed by atoms with Crippen molar-refractivity contribution < 1.29 is 38.1 Å². The summed E-state index contributed by atoms with van der Waals surface area (Å²) in [5.74, 6) is -0.993. The molecular weight excluding hydrogens is 458 g/mol. The molecule has 1 aliphatic heterocycles. The van der Waals surface area contributed by atoms with Crippen LogP contribution in [-0.4, -0.2) is 75.3 Å². The van der Waals surface area contributed by atoms with Crippen molar-refractivity contribution >= 4 is 29.6 Å². The molecule has 0 unspecified atom stereocenters. The zero-order valence-electron chi connectivity index (χ0n) is 21.2. The molecule has 1 saturated heterocycles. The lowest BCUT2D eigenvalue weighted by molar-refractivity contribution is -0.125. The van der Waals surface area contributed by atoms with Gasteiger partial charge in [-0.05, 0) is 19.8 Å². The van der Waals surface area contributed by atoms with Crippen molar-refractivity contribution in [1.29, 1.82) is 0 Å². The third kappa shape index (κ3) is 7.76. The first kappa shape index (κ1) is 27.7. The first-order valence-corrected chi connectivity index (χ1v) is 11.5. The van der Waals surface area contributed by atoms with Crippen molar-refractivity contribution in [3.05, 3.63) is 17.7 Å². The maximum absolute atomic E-state index is 12.8. The fraction of sp³-hybridized carbons (Fsp3) is 0.583. The molecule has 0 spiro atoms. The van der Waals surface area contributed by atoms with E-state index < -0.39 is 23.9 Å². The Morgan fingerprint density at radius 3 is 2.14 bits per heavy atom. The number of nitrogens with zero attached hydrogens (tertiary/aromatic N) is 1. The van der Waals surface area contributed by atoms with Gasteiger partial charge in [0, 0.05) is 36.7 Å². The van der Waals surface area contributed by atoms with E-state index in [1.54, 1.807) is 32.6 Å². The molecule has 2 rings (SSSR count). The van der Waals surface area contributed by atoms with Gasteiger partial charge < -0.3 is 34.5 Å². The summed E-state index contributed by atoms with van der Waals surface area (Å²) in [7, 11) is 2.85. The molecule has 1 aromatic carbocycles. The van der Waals surface area contributed by atoms with Gasteiger partial charge in [-0.25, -0.2) is 9.59 Å². The number of carbonyl (C=O) groups excluding carboxylic acids is 4. The maximum Gasteiger partial charge on any atom is 0.409 e. The Labute approximate surface area is 205 Å². The topological polar surface area (TPSA) is 132 Å². The van der Waals surface area contributed by atoms with E-state index in [1.807, 2.05) is 0 Å². The molecule has 0 bridgehead atoms. The molecule has 0 aliphatic carbocycles. The monoisotopic (exact) mass is 493 g/mol. The highest BCUT2D eigenvalue weighted by Gasteiger charge is 2.27. The Morgan fingerprint density at radius 1 is 1.00 bits per heavy atom. The number of amides is 3. The van der Waals surface area contributed by atoms with Gasteiger partial charge in [0.15, 0.2) is 18.1 Å². The highest BCUT2D eigenvalue weighted by molar-refractivity contribution is 6.04. The van der Waals surface area contributed by atoms with Crippen LogP contribution in [0, 0.1) is 5.41 Å². The Morgan fingerprint density at radius 2 is 1.60 bits per heavy atom. The van der Waals surface area contributed by atoms with E-state index in [1.165, 1.54) is 26.4 Å². The van der Waals surface area contributed by atoms with Crippen molar-refractivity contribution in [3.63, 3.8) is 0 Å². The summed E-state index contributed by atoms with van der Waals surface area (Å²) in [5, 5.41) is 5.53. The molecule has 0 saturated carbocycles. The van der Waals surface area contributed by atoms with Crippen molar-refractivity contribution in [2.75, 3.05) is 45.8 Å². The van der Waals surface area contributed by atoms with Crippen LogP contribution in [0.25, 0.3) is 0 Å². The van der Waals surface area contributed by atoms with Crippen LogP contribution in [-0.2, 0) is 19.1 Å². The molecule has 11 heteroatoms. The summed E-state index contributed by atoms with van der Waals surface area (Å²) in [6, 6.07) is 2.72. The number of ether oxygens (including phenoxy) is 4. The van der Waals surface area contributed by atoms with Crippen LogP contribution in [0.3, 0.4) is 0 Å². The number of hydrogen-bond donors (Lipinski definition) is 2. The molecule has 1 heterocycles. The van der Waals surface area contributed by atoms with Gasteiger partial charge in [-0.2, -0.15) is 0 Å². The van der Waals surface area contributed by atoms with E-state index in [9.17, 15) is 19.2 Å². The first-order chi connectivity index (χ1) is 16.5. The molecule has 0 radical (unpaired) electrons. The summed E-state index contributed by atoms with van der Waals surface area (Å²) >= 11 is 0. The fourth-order valence-electron chi connectivity index (χ4n) is 3.36. The van der Waals surface area contributed by atoms with Crippen molar-refractivity contribution in [1.82, 2.24) is 10.2 Å². The summed E-state index contributed by atoms with van der Waals surface area (Å²) in [4.78, 5) is 51.1. The van der Waals surface area contributed by atoms with Gasteiger partial charge in [-0.1, -0.05) is 20.8 Å². The van der Waals surface area contributed by atoms with E-state index in [2.05, 4.69) is 10.6 Å². The maximum atomic E-state index is 12.8. The number of rotatable bonds is 8. The Kier molecular flexibility index (Phi) is 9.73. The van der Waals surface area contributed by atoms with Crippen LogP contribution in [0.15, 0.2) is 12.1 Å². The second-order valence-electron chi connectivity index (χ2n) is 9.06. The van der Waals surface area contributed by atoms with E-state index in [0.29, 0.717) is 38.3 Å². The SMILES string of the molecule is CCOC(=O)N1CCC(NC(=O)COC(=O)c2cc(OC)c(OC)cc2NC(=O)C(C)(C)C)CC1. The fourth-order valence-corrected chi connectivity index (χ4v) is 3.36. The highest BCUT2D eigenvalue weighted by Crippen LogP contribution is 2.34. The van der Waals surface area contributed by atoms with Crippen LogP contribution in [0.1, 0.15) is 50.9 Å². The normalized spacial score (nSPS) is 14.1. The molecule has 11 nitrogen and oxygen atoms in total. The van der Waals surface area contributed by atoms with Gasteiger partial charge in [-0.3, -0.25) is 9.59 Å². The smallest absolute Gasteiger partial charge is 0.409 e.